The summed E-state index contributed by atoms with van der Waals surface area (Å²) in [7, 11) is 0. The van der Waals surface area contributed by atoms with Crippen LogP contribution in [-0.4, -0.2) is 49.4 Å². The van der Waals surface area contributed by atoms with E-state index in [0.717, 1.165) is 11.1 Å². The third-order valence-corrected chi connectivity index (χ3v) is 5.93. The van der Waals surface area contributed by atoms with Crippen molar-refractivity contribution in [1.82, 2.24) is 16.0 Å². The molecule has 0 radical (unpaired) electrons. The van der Waals surface area contributed by atoms with Crippen molar-refractivity contribution in [2.45, 2.75) is 31.3 Å². The minimum atomic E-state index is -0.911. The van der Waals surface area contributed by atoms with E-state index in [0.29, 0.717) is 30.8 Å². The number of amides is 3. The number of fused-ring (bicyclic) bond motifs is 1. The fraction of sp³-hybridized carbons (Fsp3) is 0.308. The van der Waals surface area contributed by atoms with E-state index >= 15 is 0 Å². The predicted octanol–water partition coefficient (Wildman–Crippen LogP) is 1.37. The van der Waals surface area contributed by atoms with Crippen molar-refractivity contribution in [3.63, 3.8) is 0 Å². The number of benzene rings is 2. The second-order valence-electron chi connectivity index (χ2n) is 8.46. The number of hydrogen-bond donors (Lipinski definition) is 3. The van der Waals surface area contributed by atoms with Gasteiger partial charge in [-0.25, -0.2) is 0 Å². The van der Waals surface area contributed by atoms with Gasteiger partial charge in [0.1, 0.15) is 12.3 Å². The molecule has 1 saturated heterocycles. The van der Waals surface area contributed by atoms with Gasteiger partial charge in [0.05, 0.1) is 6.04 Å². The Morgan fingerprint density at radius 3 is 2.63 bits per heavy atom. The minimum Gasteiger partial charge on any atom is -0.454 e. The summed E-state index contributed by atoms with van der Waals surface area (Å²) in [6.45, 7) is 0.720. The van der Waals surface area contributed by atoms with Crippen LogP contribution in [-0.2, 0) is 25.6 Å². The van der Waals surface area contributed by atoms with Gasteiger partial charge in [-0.2, -0.15) is 0 Å². The quantitative estimate of drug-likeness (QED) is 0.351. The standard InChI is InChI=1S/C26H27N3O6/c30-15-20(14-19-10-11-27-25(19)32)28-26(33)21(12-17-4-2-1-3-5-17)29-24(31)9-7-18-6-8-22-23(13-18)35-16-34-22/h1-9,13,15,19-21H,10-12,14,16H2,(H,27,32)(H,28,33)(H,29,31). The zero-order valence-corrected chi connectivity index (χ0v) is 19.1. The lowest BCUT2D eigenvalue weighted by atomic mass is 9.98. The van der Waals surface area contributed by atoms with Gasteiger partial charge in [0.2, 0.25) is 24.5 Å². The second-order valence-corrected chi connectivity index (χ2v) is 8.46. The molecule has 2 aliphatic rings. The van der Waals surface area contributed by atoms with Gasteiger partial charge in [-0.15, -0.1) is 0 Å². The lowest BCUT2D eigenvalue weighted by Crippen LogP contribution is -2.51. The number of nitrogens with one attached hydrogen (secondary N) is 3. The molecule has 3 unspecified atom stereocenters. The third kappa shape index (κ3) is 6.47. The van der Waals surface area contributed by atoms with Crippen molar-refractivity contribution in [3.05, 3.63) is 65.7 Å². The highest BCUT2D eigenvalue weighted by molar-refractivity contribution is 5.96. The van der Waals surface area contributed by atoms with E-state index in [1.165, 1.54) is 6.08 Å². The fourth-order valence-corrected chi connectivity index (χ4v) is 4.08. The summed E-state index contributed by atoms with van der Waals surface area (Å²) in [6, 6.07) is 12.8. The molecular formula is C26H27N3O6. The first kappa shape index (κ1) is 24.0. The van der Waals surface area contributed by atoms with Crippen LogP contribution >= 0.6 is 0 Å². The molecule has 3 N–H and O–H groups in total. The number of hydrogen-bond acceptors (Lipinski definition) is 6. The number of carbonyl (C=O) groups is 4. The average Bonchev–Trinajstić information content (AvgIpc) is 3.50. The van der Waals surface area contributed by atoms with Crippen molar-refractivity contribution >= 4 is 30.1 Å². The van der Waals surface area contributed by atoms with Crippen LogP contribution in [0.5, 0.6) is 11.5 Å². The molecule has 4 rings (SSSR count). The van der Waals surface area contributed by atoms with Gasteiger partial charge >= 0.3 is 0 Å². The summed E-state index contributed by atoms with van der Waals surface area (Å²) in [5.41, 5.74) is 1.59. The molecule has 3 atom stereocenters. The molecular weight excluding hydrogens is 450 g/mol. The summed E-state index contributed by atoms with van der Waals surface area (Å²) in [4.78, 5) is 49.2. The molecule has 0 bridgehead atoms. The highest BCUT2D eigenvalue weighted by Crippen LogP contribution is 2.32. The minimum absolute atomic E-state index is 0.117. The van der Waals surface area contributed by atoms with Crippen LogP contribution in [0, 0.1) is 5.92 Å². The Kier molecular flexibility index (Phi) is 7.77. The highest BCUT2D eigenvalue weighted by atomic mass is 16.7. The Morgan fingerprint density at radius 2 is 1.89 bits per heavy atom. The SMILES string of the molecule is O=CC(CC1CCNC1=O)NC(=O)C(Cc1ccccc1)NC(=O)C=Cc1ccc2c(c1)OCO2. The zero-order chi connectivity index (χ0) is 24.6. The van der Waals surface area contributed by atoms with E-state index in [2.05, 4.69) is 16.0 Å². The molecule has 9 nitrogen and oxygen atoms in total. The Morgan fingerprint density at radius 1 is 1.09 bits per heavy atom. The summed E-state index contributed by atoms with van der Waals surface area (Å²) >= 11 is 0. The Bertz CT molecular complexity index is 1120. The van der Waals surface area contributed by atoms with Gasteiger partial charge in [-0.1, -0.05) is 36.4 Å². The molecule has 0 aromatic heterocycles. The molecule has 182 valence electrons. The molecule has 35 heavy (non-hydrogen) atoms. The lowest BCUT2D eigenvalue weighted by molar-refractivity contribution is -0.129. The van der Waals surface area contributed by atoms with E-state index in [4.69, 9.17) is 9.47 Å². The second kappa shape index (κ2) is 11.3. The van der Waals surface area contributed by atoms with Gasteiger partial charge < -0.3 is 30.2 Å². The number of ether oxygens (including phenoxy) is 2. The van der Waals surface area contributed by atoms with Crippen LogP contribution in [0.2, 0.25) is 0 Å². The number of carbonyl (C=O) groups excluding carboxylic acids is 4. The van der Waals surface area contributed by atoms with Gasteiger partial charge in [0.25, 0.3) is 0 Å². The Balaban J connectivity index is 1.42. The van der Waals surface area contributed by atoms with Crippen molar-refractivity contribution in [2.24, 2.45) is 5.92 Å². The molecule has 2 aromatic rings. The van der Waals surface area contributed by atoms with E-state index in [1.807, 2.05) is 30.3 Å². The highest BCUT2D eigenvalue weighted by Gasteiger charge is 2.29. The van der Waals surface area contributed by atoms with Crippen molar-refractivity contribution in [1.29, 1.82) is 0 Å². The number of rotatable bonds is 10. The van der Waals surface area contributed by atoms with Gasteiger partial charge in [-0.3, -0.25) is 14.4 Å². The maximum Gasteiger partial charge on any atom is 0.244 e. The lowest BCUT2D eigenvalue weighted by Gasteiger charge is -2.21. The van der Waals surface area contributed by atoms with E-state index in [-0.39, 0.29) is 31.5 Å². The smallest absolute Gasteiger partial charge is 0.244 e. The summed E-state index contributed by atoms with van der Waals surface area (Å²) in [6.07, 6.45) is 4.66. The Labute approximate surface area is 202 Å². The summed E-state index contributed by atoms with van der Waals surface area (Å²) in [5.74, 6) is -0.146. The van der Waals surface area contributed by atoms with E-state index in [9.17, 15) is 19.2 Å². The zero-order valence-electron chi connectivity index (χ0n) is 19.1. The predicted molar refractivity (Wildman–Crippen MR) is 127 cm³/mol. The molecule has 3 amide bonds. The van der Waals surface area contributed by atoms with Crippen LogP contribution in [0.15, 0.2) is 54.6 Å². The first-order valence-corrected chi connectivity index (χ1v) is 11.5. The molecule has 2 aliphatic heterocycles. The Hall–Kier alpha value is -4.14. The monoisotopic (exact) mass is 477 g/mol. The average molecular weight is 478 g/mol. The van der Waals surface area contributed by atoms with Crippen molar-refractivity contribution in [2.75, 3.05) is 13.3 Å². The molecule has 1 fully saturated rings. The summed E-state index contributed by atoms with van der Waals surface area (Å²) in [5, 5.41) is 8.14. The van der Waals surface area contributed by atoms with Crippen LogP contribution < -0.4 is 25.4 Å². The third-order valence-electron chi connectivity index (χ3n) is 5.93. The molecule has 9 heteroatoms. The molecule has 0 spiro atoms. The largest absolute Gasteiger partial charge is 0.454 e. The van der Waals surface area contributed by atoms with Crippen molar-refractivity contribution in [3.8, 4) is 11.5 Å². The fourth-order valence-electron chi connectivity index (χ4n) is 4.08. The molecule has 0 aliphatic carbocycles. The number of aldehydes is 1. The van der Waals surface area contributed by atoms with Crippen LogP contribution in [0.25, 0.3) is 6.08 Å². The van der Waals surface area contributed by atoms with Crippen LogP contribution in [0.3, 0.4) is 0 Å². The molecule has 2 aromatic carbocycles. The van der Waals surface area contributed by atoms with Crippen LogP contribution in [0.1, 0.15) is 24.0 Å². The normalized spacial score (nSPS) is 18.1. The maximum absolute atomic E-state index is 13.1. The first-order chi connectivity index (χ1) is 17.0. The maximum atomic E-state index is 13.1. The summed E-state index contributed by atoms with van der Waals surface area (Å²) < 4.78 is 10.6. The topological polar surface area (TPSA) is 123 Å². The van der Waals surface area contributed by atoms with Crippen molar-refractivity contribution < 1.29 is 28.7 Å². The van der Waals surface area contributed by atoms with E-state index in [1.54, 1.807) is 24.3 Å². The molecule has 2 heterocycles. The molecule has 0 saturated carbocycles. The van der Waals surface area contributed by atoms with Gasteiger partial charge in [-0.05, 0) is 42.2 Å². The van der Waals surface area contributed by atoms with Crippen LogP contribution in [0.4, 0.5) is 0 Å². The first-order valence-electron chi connectivity index (χ1n) is 11.5. The van der Waals surface area contributed by atoms with Gasteiger partial charge in [0, 0.05) is 25.0 Å². The van der Waals surface area contributed by atoms with Gasteiger partial charge in [0.15, 0.2) is 11.5 Å². The van der Waals surface area contributed by atoms with E-state index < -0.39 is 23.9 Å².